The molecular formula is C18H23N5O3S. The van der Waals surface area contributed by atoms with E-state index in [0.29, 0.717) is 31.6 Å². The number of sulfonamides is 1. The summed E-state index contributed by atoms with van der Waals surface area (Å²) in [7, 11) is -1.74. The maximum Gasteiger partial charge on any atom is 0.321 e. The smallest absolute Gasteiger partial charge is 0.321 e. The van der Waals surface area contributed by atoms with Gasteiger partial charge < -0.3 is 10.2 Å². The van der Waals surface area contributed by atoms with Crippen molar-refractivity contribution in [1.82, 2.24) is 14.7 Å². The Bertz CT molecular complexity index is 955. The first-order chi connectivity index (χ1) is 12.9. The lowest BCUT2D eigenvalue weighted by atomic mass is 10.1. The molecule has 144 valence electrons. The lowest BCUT2D eigenvalue weighted by Crippen LogP contribution is -2.50. The molecule has 1 atom stereocenters. The molecule has 1 aromatic heterocycles. The number of carbonyl (C=O) groups is 1. The molecule has 27 heavy (non-hydrogen) atoms. The van der Waals surface area contributed by atoms with Gasteiger partial charge in [-0.25, -0.2) is 13.2 Å². The number of fused-ring (bicyclic) bond motifs is 1. The van der Waals surface area contributed by atoms with Crippen LogP contribution in [0.2, 0.25) is 0 Å². The van der Waals surface area contributed by atoms with Crippen molar-refractivity contribution in [3.63, 3.8) is 0 Å². The third-order valence-electron chi connectivity index (χ3n) is 5.19. The van der Waals surface area contributed by atoms with E-state index in [2.05, 4.69) is 10.4 Å². The third-order valence-corrected chi connectivity index (χ3v) is 7.42. The van der Waals surface area contributed by atoms with Gasteiger partial charge in [0.15, 0.2) is 0 Å². The summed E-state index contributed by atoms with van der Waals surface area (Å²) in [5.41, 5.74) is 2.43. The van der Waals surface area contributed by atoms with Crippen LogP contribution in [-0.2, 0) is 23.5 Å². The molecule has 1 fully saturated rings. The minimum Gasteiger partial charge on any atom is -0.323 e. The Morgan fingerprint density at radius 2 is 2.07 bits per heavy atom. The van der Waals surface area contributed by atoms with Gasteiger partial charge >= 0.3 is 6.03 Å². The molecule has 3 heterocycles. The number of piperidine rings is 1. The van der Waals surface area contributed by atoms with Gasteiger partial charge in [-0.2, -0.15) is 5.10 Å². The fraction of sp³-hybridized carbons (Fsp3) is 0.444. The first kappa shape index (κ1) is 17.8. The molecule has 2 aromatic rings. The number of para-hydroxylation sites is 1. The molecule has 9 heteroatoms. The summed E-state index contributed by atoms with van der Waals surface area (Å²) in [5, 5.41) is 6.22. The number of anilines is 2. The minimum atomic E-state index is -3.52. The largest absolute Gasteiger partial charge is 0.323 e. The summed E-state index contributed by atoms with van der Waals surface area (Å²) in [6.45, 7) is 1.22. The van der Waals surface area contributed by atoms with Crippen molar-refractivity contribution >= 4 is 27.4 Å². The quantitative estimate of drug-likeness (QED) is 0.867. The van der Waals surface area contributed by atoms with E-state index in [9.17, 15) is 13.2 Å². The Labute approximate surface area is 158 Å². The molecule has 1 N–H and O–H groups in total. The Morgan fingerprint density at radius 3 is 2.85 bits per heavy atom. The molecule has 0 aliphatic carbocycles. The summed E-state index contributed by atoms with van der Waals surface area (Å²) in [6.07, 6.45) is 5.24. The van der Waals surface area contributed by atoms with Crippen molar-refractivity contribution < 1.29 is 13.2 Å². The number of likely N-dealkylation sites (tertiary alicyclic amines) is 1. The van der Waals surface area contributed by atoms with Gasteiger partial charge in [0, 0.05) is 32.9 Å². The van der Waals surface area contributed by atoms with Crippen LogP contribution in [0.3, 0.4) is 0 Å². The molecule has 0 bridgehead atoms. The molecular weight excluding hydrogens is 366 g/mol. The summed E-state index contributed by atoms with van der Waals surface area (Å²) in [5.74, 6) is 0. The molecule has 1 saturated heterocycles. The normalized spacial score (nSPS) is 19.8. The molecule has 2 aliphatic heterocycles. The molecule has 2 amide bonds. The number of benzene rings is 1. The summed E-state index contributed by atoms with van der Waals surface area (Å²) in [4.78, 5) is 14.1. The highest BCUT2D eigenvalue weighted by Crippen LogP contribution is 2.33. The predicted molar refractivity (Wildman–Crippen MR) is 103 cm³/mol. The van der Waals surface area contributed by atoms with Crippen LogP contribution < -0.4 is 9.62 Å². The van der Waals surface area contributed by atoms with Crippen LogP contribution in [0.1, 0.15) is 18.4 Å². The fourth-order valence-corrected chi connectivity index (χ4v) is 5.80. The number of hydrogen-bond acceptors (Lipinski definition) is 4. The average molecular weight is 389 g/mol. The van der Waals surface area contributed by atoms with Gasteiger partial charge in [0.1, 0.15) is 0 Å². The van der Waals surface area contributed by atoms with E-state index < -0.39 is 15.3 Å². The van der Waals surface area contributed by atoms with Crippen molar-refractivity contribution in [2.45, 2.75) is 24.5 Å². The molecule has 1 aromatic carbocycles. The standard InChI is InChI=1S/C18H23N5O3S/c1-21-12-15(11-19-21)20-18(24)22-9-4-6-16(13-22)27(25,26)23-10-8-14-5-2-3-7-17(14)23/h2-3,5,7,11-12,16H,4,6,8-10,13H2,1H3,(H,20,24)/t16-/m0/s1. The van der Waals surface area contributed by atoms with Crippen molar-refractivity contribution in [2.75, 3.05) is 29.3 Å². The van der Waals surface area contributed by atoms with Crippen LogP contribution in [0.5, 0.6) is 0 Å². The van der Waals surface area contributed by atoms with Gasteiger partial charge in [-0.15, -0.1) is 0 Å². The van der Waals surface area contributed by atoms with Gasteiger partial charge in [0.25, 0.3) is 0 Å². The van der Waals surface area contributed by atoms with Gasteiger partial charge in [-0.1, -0.05) is 18.2 Å². The molecule has 8 nitrogen and oxygen atoms in total. The SMILES string of the molecule is Cn1cc(NC(=O)N2CCC[C@H](S(=O)(=O)N3CCc4ccccc43)C2)cn1. The number of rotatable bonds is 3. The zero-order valence-electron chi connectivity index (χ0n) is 15.2. The summed E-state index contributed by atoms with van der Waals surface area (Å²) in [6, 6.07) is 7.33. The predicted octanol–water partition coefficient (Wildman–Crippen LogP) is 1.81. The molecule has 2 aliphatic rings. The monoisotopic (exact) mass is 389 g/mol. The number of hydrogen-bond donors (Lipinski definition) is 1. The molecule has 4 rings (SSSR count). The van der Waals surface area contributed by atoms with Gasteiger partial charge in [0.2, 0.25) is 10.0 Å². The zero-order valence-corrected chi connectivity index (χ0v) is 16.0. The van der Waals surface area contributed by atoms with Crippen LogP contribution in [0.4, 0.5) is 16.2 Å². The molecule has 0 saturated carbocycles. The number of aryl methyl sites for hydroxylation is 1. The third kappa shape index (κ3) is 3.39. The van der Waals surface area contributed by atoms with Crippen molar-refractivity contribution in [3.8, 4) is 0 Å². The minimum absolute atomic E-state index is 0.201. The van der Waals surface area contributed by atoms with E-state index in [4.69, 9.17) is 0 Å². The summed E-state index contributed by atoms with van der Waals surface area (Å²) >= 11 is 0. The highest BCUT2D eigenvalue weighted by atomic mass is 32.2. The Balaban J connectivity index is 1.48. The molecule has 0 spiro atoms. The van der Waals surface area contributed by atoms with Crippen LogP contribution in [0.15, 0.2) is 36.7 Å². The second-order valence-electron chi connectivity index (χ2n) is 7.04. The van der Waals surface area contributed by atoms with E-state index in [0.717, 1.165) is 17.7 Å². The number of nitrogens with zero attached hydrogens (tertiary/aromatic N) is 4. The van der Waals surface area contributed by atoms with Crippen LogP contribution in [0.25, 0.3) is 0 Å². The number of nitrogens with one attached hydrogen (secondary N) is 1. The topological polar surface area (TPSA) is 87.5 Å². The van der Waals surface area contributed by atoms with Crippen LogP contribution in [-0.4, -0.2) is 54.0 Å². The molecule has 0 unspecified atom stereocenters. The van der Waals surface area contributed by atoms with E-state index in [1.807, 2.05) is 24.3 Å². The van der Waals surface area contributed by atoms with Crippen molar-refractivity contribution in [2.24, 2.45) is 7.05 Å². The Morgan fingerprint density at radius 1 is 1.26 bits per heavy atom. The van der Waals surface area contributed by atoms with E-state index in [1.54, 1.807) is 29.0 Å². The number of aromatic nitrogens is 2. The second-order valence-corrected chi connectivity index (χ2v) is 9.18. The maximum absolute atomic E-state index is 13.2. The Hall–Kier alpha value is -2.55. The van der Waals surface area contributed by atoms with E-state index in [1.165, 1.54) is 4.31 Å². The highest BCUT2D eigenvalue weighted by molar-refractivity contribution is 7.93. The van der Waals surface area contributed by atoms with Crippen LogP contribution >= 0.6 is 0 Å². The highest BCUT2D eigenvalue weighted by Gasteiger charge is 2.39. The number of carbonyl (C=O) groups excluding carboxylic acids is 1. The fourth-order valence-electron chi connectivity index (χ4n) is 3.81. The lowest BCUT2D eigenvalue weighted by Gasteiger charge is -2.34. The van der Waals surface area contributed by atoms with Gasteiger partial charge in [-0.3, -0.25) is 8.99 Å². The Kier molecular flexibility index (Phi) is 4.55. The van der Waals surface area contributed by atoms with Crippen molar-refractivity contribution in [1.29, 1.82) is 0 Å². The zero-order chi connectivity index (χ0) is 19.0. The van der Waals surface area contributed by atoms with E-state index in [-0.39, 0.29) is 12.6 Å². The number of urea groups is 1. The second kappa shape index (κ2) is 6.88. The van der Waals surface area contributed by atoms with Gasteiger partial charge in [0.05, 0.1) is 22.8 Å². The van der Waals surface area contributed by atoms with Crippen molar-refractivity contribution in [3.05, 3.63) is 42.2 Å². The first-order valence-electron chi connectivity index (χ1n) is 9.09. The van der Waals surface area contributed by atoms with E-state index >= 15 is 0 Å². The molecule has 0 radical (unpaired) electrons. The first-order valence-corrected chi connectivity index (χ1v) is 10.6. The average Bonchev–Trinajstić information content (AvgIpc) is 3.28. The lowest BCUT2D eigenvalue weighted by molar-refractivity contribution is 0.200. The van der Waals surface area contributed by atoms with Gasteiger partial charge in [-0.05, 0) is 30.9 Å². The number of amides is 2. The van der Waals surface area contributed by atoms with Crippen LogP contribution in [0, 0.1) is 0 Å². The maximum atomic E-state index is 13.2. The summed E-state index contributed by atoms with van der Waals surface area (Å²) < 4.78 is 29.6.